The van der Waals surface area contributed by atoms with E-state index in [0.29, 0.717) is 12.4 Å². The van der Waals surface area contributed by atoms with Gasteiger partial charge in [-0.3, -0.25) is 0 Å². The first-order chi connectivity index (χ1) is 6.79. The van der Waals surface area contributed by atoms with E-state index in [1.807, 2.05) is 27.7 Å². The molecule has 0 aromatic rings. The largest absolute Gasteiger partial charge is 0.465 e. The van der Waals surface area contributed by atoms with E-state index in [-0.39, 0.29) is 12.2 Å². The standard InChI is InChI=1S/C11H18O4/c1-7-9(15-11(4,5)13-7)8-6-12-10(2,3)14-8/h8-9H,1,6H2,2-5H3/t8-,9+/m0/s1. The summed E-state index contributed by atoms with van der Waals surface area (Å²) >= 11 is 0. The van der Waals surface area contributed by atoms with Crippen molar-refractivity contribution in [3.63, 3.8) is 0 Å². The van der Waals surface area contributed by atoms with Crippen LogP contribution < -0.4 is 0 Å². The Balaban J connectivity index is 2.04. The summed E-state index contributed by atoms with van der Waals surface area (Å²) in [5.41, 5.74) is 0. The molecule has 2 aliphatic rings. The van der Waals surface area contributed by atoms with Crippen LogP contribution in [0.4, 0.5) is 0 Å². The summed E-state index contributed by atoms with van der Waals surface area (Å²) in [5, 5.41) is 0. The molecule has 4 heteroatoms. The normalized spacial score (nSPS) is 38.0. The maximum Gasteiger partial charge on any atom is 0.205 e. The van der Waals surface area contributed by atoms with Gasteiger partial charge in [-0.05, 0) is 13.8 Å². The average Bonchev–Trinajstić information content (AvgIpc) is 2.51. The molecule has 2 saturated heterocycles. The van der Waals surface area contributed by atoms with E-state index in [1.165, 1.54) is 0 Å². The molecular weight excluding hydrogens is 196 g/mol. The van der Waals surface area contributed by atoms with Crippen LogP contribution >= 0.6 is 0 Å². The maximum absolute atomic E-state index is 5.71. The third-order valence-electron chi connectivity index (χ3n) is 2.47. The van der Waals surface area contributed by atoms with Crippen LogP contribution in [0.3, 0.4) is 0 Å². The van der Waals surface area contributed by atoms with E-state index in [2.05, 4.69) is 6.58 Å². The van der Waals surface area contributed by atoms with Crippen molar-refractivity contribution in [2.45, 2.75) is 51.5 Å². The summed E-state index contributed by atoms with van der Waals surface area (Å²) < 4.78 is 22.4. The lowest BCUT2D eigenvalue weighted by atomic mass is 10.2. The van der Waals surface area contributed by atoms with Gasteiger partial charge in [0.25, 0.3) is 0 Å². The summed E-state index contributed by atoms with van der Waals surface area (Å²) in [4.78, 5) is 0. The first kappa shape index (κ1) is 10.9. The van der Waals surface area contributed by atoms with Crippen molar-refractivity contribution in [1.82, 2.24) is 0 Å². The van der Waals surface area contributed by atoms with Gasteiger partial charge in [-0.15, -0.1) is 0 Å². The fraction of sp³-hybridized carbons (Fsp3) is 0.818. The van der Waals surface area contributed by atoms with Crippen molar-refractivity contribution in [2.75, 3.05) is 6.61 Å². The molecule has 0 N–H and O–H groups in total. The molecule has 0 spiro atoms. The number of rotatable bonds is 1. The molecule has 0 unspecified atom stereocenters. The molecule has 86 valence electrons. The van der Waals surface area contributed by atoms with Gasteiger partial charge < -0.3 is 18.9 Å². The Morgan fingerprint density at radius 3 is 2.20 bits per heavy atom. The average molecular weight is 214 g/mol. The first-order valence-corrected chi connectivity index (χ1v) is 5.16. The molecular formula is C11H18O4. The molecule has 0 aliphatic carbocycles. The molecule has 0 saturated carbocycles. The van der Waals surface area contributed by atoms with Crippen LogP contribution in [0.2, 0.25) is 0 Å². The van der Waals surface area contributed by atoms with Crippen LogP contribution in [0.5, 0.6) is 0 Å². The molecule has 0 radical (unpaired) electrons. The van der Waals surface area contributed by atoms with Crippen molar-refractivity contribution in [3.8, 4) is 0 Å². The first-order valence-electron chi connectivity index (χ1n) is 5.16. The Bertz CT molecular complexity index is 282. The zero-order chi connectivity index (χ0) is 11.3. The highest BCUT2D eigenvalue weighted by atomic mass is 16.8. The summed E-state index contributed by atoms with van der Waals surface area (Å²) in [6.07, 6.45) is -0.365. The molecule has 4 nitrogen and oxygen atoms in total. The molecule has 0 aromatic carbocycles. The van der Waals surface area contributed by atoms with Crippen LogP contribution in [-0.4, -0.2) is 30.4 Å². The van der Waals surface area contributed by atoms with Crippen LogP contribution in [0.1, 0.15) is 27.7 Å². The maximum atomic E-state index is 5.71. The van der Waals surface area contributed by atoms with Crippen molar-refractivity contribution in [3.05, 3.63) is 12.3 Å². The van der Waals surface area contributed by atoms with E-state index in [0.717, 1.165) is 0 Å². The van der Waals surface area contributed by atoms with Gasteiger partial charge in [-0.1, -0.05) is 6.58 Å². The van der Waals surface area contributed by atoms with Crippen LogP contribution in [0, 0.1) is 0 Å². The van der Waals surface area contributed by atoms with Gasteiger partial charge in [0.15, 0.2) is 5.79 Å². The van der Waals surface area contributed by atoms with E-state index in [1.54, 1.807) is 0 Å². The third kappa shape index (κ3) is 2.17. The topological polar surface area (TPSA) is 36.9 Å². The minimum Gasteiger partial charge on any atom is -0.465 e. The third-order valence-corrected chi connectivity index (χ3v) is 2.47. The van der Waals surface area contributed by atoms with Crippen molar-refractivity contribution in [1.29, 1.82) is 0 Å². The second kappa shape index (κ2) is 3.20. The Labute approximate surface area is 90.1 Å². The molecule has 2 rings (SSSR count). The summed E-state index contributed by atoms with van der Waals surface area (Å²) in [5.74, 6) is -0.537. The lowest BCUT2D eigenvalue weighted by molar-refractivity contribution is -0.174. The summed E-state index contributed by atoms with van der Waals surface area (Å²) in [6, 6.07) is 0. The highest BCUT2D eigenvalue weighted by molar-refractivity contribution is 5.04. The van der Waals surface area contributed by atoms with Crippen molar-refractivity contribution >= 4 is 0 Å². The highest BCUT2D eigenvalue weighted by Gasteiger charge is 2.46. The van der Waals surface area contributed by atoms with Crippen molar-refractivity contribution < 1.29 is 18.9 Å². The minimum absolute atomic E-state index is 0.130. The zero-order valence-electron chi connectivity index (χ0n) is 9.70. The lowest BCUT2D eigenvalue weighted by Crippen LogP contribution is -2.33. The molecule has 2 aliphatic heterocycles. The van der Waals surface area contributed by atoms with Crippen LogP contribution in [-0.2, 0) is 18.9 Å². The number of ether oxygens (including phenoxy) is 4. The van der Waals surface area contributed by atoms with Gasteiger partial charge in [0.2, 0.25) is 5.79 Å². The smallest absolute Gasteiger partial charge is 0.205 e. The fourth-order valence-electron chi connectivity index (χ4n) is 1.92. The Kier molecular flexibility index (Phi) is 2.33. The SMILES string of the molecule is C=C1OC(C)(C)O[C@H]1[C@@H]1COC(C)(C)O1. The molecule has 2 fully saturated rings. The van der Waals surface area contributed by atoms with Gasteiger partial charge in [0.05, 0.1) is 6.61 Å². The zero-order valence-corrected chi connectivity index (χ0v) is 9.70. The quantitative estimate of drug-likeness (QED) is 0.667. The molecule has 2 atom stereocenters. The van der Waals surface area contributed by atoms with Gasteiger partial charge in [-0.2, -0.15) is 0 Å². The van der Waals surface area contributed by atoms with Gasteiger partial charge in [0, 0.05) is 13.8 Å². The summed E-state index contributed by atoms with van der Waals surface area (Å²) in [6.45, 7) is 11.8. The second-order valence-corrected chi connectivity index (χ2v) is 4.87. The minimum atomic E-state index is -0.613. The van der Waals surface area contributed by atoms with Gasteiger partial charge >= 0.3 is 0 Å². The Hall–Kier alpha value is -0.580. The Morgan fingerprint density at radius 2 is 1.80 bits per heavy atom. The number of hydrogen-bond donors (Lipinski definition) is 0. The monoisotopic (exact) mass is 214 g/mol. The van der Waals surface area contributed by atoms with E-state index < -0.39 is 11.6 Å². The summed E-state index contributed by atoms with van der Waals surface area (Å²) in [7, 11) is 0. The van der Waals surface area contributed by atoms with E-state index >= 15 is 0 Å². The number of hydrogen-bond acceptors (Lipinski definition) is 4. The van der Waals surface area contributed by atoms with Crippen molar-refractivity contribution in [2.24, 2.45) is 0 Å². The molecule has 0 bridgehead atoms. The van der Waals surface area contributed by atoms with Crippen LogP contribution in [0.15, 0.2) is 12.3 Å². The molecule has 2 heterocycles. The van der Waals surface area contributed by atoms with Gasteiger partial charge in [-0.25, -0.2) is 0 Å². The van der Waals surface area contributed by atoms with E-state index in [9.17, 15) is 0 Å². The predicted molar refractivity (Wildman–Crippen MR) is 54.1 cm³/mol. The fourth-order valence-corrected chi connectivity index (χ4v) is 1.92. The van der Waals surface area contributed by atoms with E-state index in [4.69, 9.17) is 18.9 Å². The van der Waals surface area contributed by atoms with Crippen LogP contribution in [0.25, 0.3) is 0 Å². The van der Waals surface area contributed by atoms with Gasteiger partial charge in [0.1, 0.15) is 18.0 Å². The predicted octanol–water partition coefficient (Wildman–Crippen LogP) is 1.80. The second-order valence-electron chi connectivity index (χ2n) is 4.87. The molecule has 0 aromatic heterocycles. The Morgan fingerprint density at radius 1 is 1.13 bits per heavy atom. The molecule has 0 amide bonds. The highest BCUT2D eigenvalue weighted by Crippen LogP contribution is 2.36. The lowest BCUT2D eigenvalue weighted by Gasteiger charge is -2.20. The molecule has 15 heavy (non-hydrogen) atoms.